The number of rotatable bonds is 48. The molecule has 3 rings (SSSR count). The molecule has 8 nitrogen and oxygen atoms in total. The Hall–Kier alpha value is -3.33. The van der Waals surface area contributed by atoms with Gasteiger partial charge in [0.2, 0.25) is 0 Å². The van der Waals surface area contributed by atoms with Crippen LogP contribution in [0.4, 0.5) is 0 Å². The summed E-state index contributed by atoms with van der Waals surface area (Å²) < 4.78 is 36.8. The van der Waals surface area contributed by atoms with Crippen molar-refractivity contribution in [2.45, 2.75) is 244 Å². The topological polar surface area (TPSA) is 89.5 Å². The molecule has 0 radical (unpaired) electrons. The Balaban J connectivity index is 1.45. The van der Waals surface area contributed by atoms with Gasteiger partial charge < -0.3 is 28.4 Å². The number of allylic oxidation sites excluding steroid dienone is 2. The van der Waals surface area contributed by atoms with Crippen LogP contribution >= 0.6 is 11.6 Å². The molecule has 0 saturated carbocycles. The van der Waals surface area contributed by atoms with E-state index in [4.69, 9.17) is 40.0 Å². The minimum Gasteiger partial charge on any atom is -0.489 e. The predicted molar refractivity (Wildman–Crippen MR) is 297 cm³/mol. The third kappa shape index (κ3) is 28.6. The average molecular weight is 1010 g/mol. The average Bonchev–Trinajstić information content (AvgIpc) is 3.38. The van der Waals surface area contributed by atoms with Crippen molar-refractivity contribution in [2.75, 3.05) is 39.6 Å². The van der Waals surface area contributed by atoms with Gasteiger partial charge in [0.1, 0.15) is 24.7 Å². The third-order valence-electron chi connectivity index (χ3n) is 13.8. The molecule has 1 aliphatic carbocycles. The first-order chi connectivity index (χ1) is 34.9. The zero-order valence-electron chi connectivity index (χ0n) is 45.0. The quantitative estimate of drug-likeness (QED) is 0.0368. The van der Waals surface area contributed by atoms with Crippen LogP contribution in [-0.2, 0) is 41.4 Å². The van der Waals surface area contributed by atoms with E-state index in [2.05, 4.69) is 27.0 Å². The van der Waals surface area contributed by atoms with Crippen LogP contribution in [0.1, 0.15) is 230 Å². The summed E-state index contributed by atoms with van der Waals surface area (Å²) in [6, 6.07) is 7.93. The summed E-state index contributed by atoms with van der Waals surface area (Å²) in [7, 11) is 0. The van der Waals surface area contributed by atoms with Crippen LogP contribution in [-0.4, -0.2) is 63.8 Å². The van der Waals surface area contributed by atoms with Gasteiger partial charge in [-0.05, 0) is 19.3 Å². The third-order valence-corrected chi connectivity index (χ3v) is 14.1. The lowest BCUT2D eigenvalue weighted by atomic mass is 9.90. The summed E-state index contributed by atoms with van der Waals surface area (Å²) in [6.07, 6.45) is 46.2. The van der Waals surface area contributed by atoms with Gasteiger partial charge in [0, 0.05) is 58.7 Å². The second-order valence-electron chi connectivity index (χ2n) is 20.1. The molecule has 0 fully saturated rings. The first-order valence-electron chi connectivity index (χ1n) is 28.9. The number of carbonyl (C=O) groups is 2. The predicted octanol–water partition coefficient (Wildman–Crippen LogP) is 17.6. The molecule has 2 unspecified atom stereocenters. The van der Waals surface area contributed by atoms with E-state index < -0.39 is 24.1 Å². The van der Waals surface area contributed by atoms with E-state index in [-0.39, 0.29) is 26.4 Å². The molecule has 2 aromatic rings. The zero-order chi connectivity index (χ0) is 50.8. The number of benzene rings is 2. The number of halogens is 1. The largest absolute Gasteiger partial charge is 0.489 e. The summed E-state index contributed by atoms with van der Waals surface area (Å²) in [5.41, 5.74) is 1.86. The van der Waals surface area contributed by atoms with Gasteiger partial charge >= 0.3 is 11.9 Å². The van der Waals surface area contributed by atoms with Crippen LogP contribution in [0.5, 0.6) is 11.5 Å². The molecule has 2 atom stereocenters. The fraction of sp³-hybridized carbons (Fsp3) is 0.710. The standard InChI is InChI=1S/C62H99ClO8/c1-5-9-11-13-15-17-19-21-23-25-27-29-31-33-35-39-45-66-48-53(70-59(64)7-3)50-68-61-55-41-37-38-42-56(55)62(58-47-52(63)43-44-57(58)61)69-51-54(71-60(65)8-4)49-67-46-40-36-34-32-30-28-26-24-22-20-18-16-14-12-10-6-2/h7-8,37-38,41-43,53-54H,3-6,9-36,39-40,44-51H2,1-2H3. The van der Waals surface area contributed by atoms with E-state index in [1.54, 1.807) is 0 Å². The highest BCUT2D eigenvalue weighted by Gasteiger charge is 2.27. The molecule has 2 aromatic carbocycles. The Morgan fingerprint density at radius 3 is 1.15 bits per heavy atom. The SMILES string of the molecule is C=CC(=O)OC(COCCCCCCCCCCCCCCCCCC)COc1c2c(c(OCC(COCCCCCCCCCCCCCCCCCC)OC(=O)C=C)c3ccccc13)CC(Cl)=CC2. The van der Waals surface area contributed by atoms with Gasteiger partial charge in [-0.25, -0.2) is 9.59 Å². The number of hydrogen-bond donors (Lipinski definition) is 0. The van der Waals surface area contributed by atoms with Crippen molar-refractivity contribution < 1.29 is 38.0 Å². The van der Waals surface area contributed by atoms with Crippen LogP contribution in [0.15, 0.2) is 60.7 Å². The molecule has 402 valence electrons. The maximum atomic E-state index is 12.4. The maximum absolute atomic E-state index is 12.4. The Kier molecular flexibility index (Phi) is 36.7. The minimum atomic E-state index is -0.638. The van der Waals surface area contributed by atoms with E-state index in [1.807, 2.05) is 30.3 Å². The molecule has 0 saturated heterocycles. The zero-order valence-corrected chi connectivity index (χ0v) is 45.8. The minimum absolute atomic E-state index is 0.0901. The highest BCUT2D eigenvalue weighted by Crippen LogP contribution is 2.44. The fourth-order valence-electron chi connectivity index (χ4n) is 9.61. The fourth-order valence-corrected chi connectivity index (χ4v) is 9.82. The highest BCUT2D eigenvalue weighted by molar-refractivity contribution is 6.30. The Bertz CT molecular complexity index is 1740. The lowest BCUT2D eigenvalue weighted by Crippen LogP contribution is -2.30. The van der Waals surface area contributed by atoms with E-state index in [1.165, 1.54) is 192 Å². The van der Waals surface area contributed by atoms with Crippen molar-refractivity contribution in [1.82, 2.24) is 0 Å². The van der Waals surface area contributed by atoms with Gasteiger partial charge in [-0.15, -0.1) is 0 Å². The first kappa shape index (κ1) is 62.0. The smallest absolute Gasteiger partial charge is 0.330 e. The Morgan fingerprint density at radius 2 is 0.817 bits per heavy atom. The van der Waals surface area contributed by atoms with Crippen LogP contribution < -0.4 is 9.47 Å². The van der Waals surface area contributed by atoms with Crippen molar-refractivity contribution >= 4 is 34.3 Å². The van der Waals surface area contributed by atoms with Crippen molar-refractivity contribution in [3.8, 4) is 11.5 Å². The summed E-state index contributed by atoms with van der Waals surface area (Å²) in [4.78, 5) is 24.9. The van der Waals surface area contributed by atoms with Gasteiger partial charge in [-0.1, -0.05) is 262 Å². The Morgan fingerprint density at radius 1 is 0.493 bits per heavy atom. The van der Waals surface area contributed by atoms with Gasteiger partial charge in [-0.2, -0.15) is 0 Å². The molecule has 0 N–H and O–H groups in total. The number of ether oxygens (including phenoxy) is 6. The summed E-state index contributed by atoms with van der Waals surface area (Å²) in [5, 5.41) is 2.41. The Labute approximate surface area is 437 Å². The van der Waals surface area contributed by atoms with E-state index >= 15 is 0 Å². The van der Waals surface area contributed by atoms with Crippen molar-refractivity contribution in [3.63, 3.8) is 0 Å². The van der Waals surface area contributed by atoms with Crippen molar-refractivity contribution in [2.24, 2.45) is 0 Å². The monoisotopic (exact) mass is 1010 g/mol. The van der Waals surface area contributed by atoms with Crippen LogP contribution in [0, 0.1) is 0 Å². The number of esters is 2. The number of carbonyl (C=O) groups excluding carboxylic acids is 2. The molecule has 1 aliphatic rings. The summed E-state index contributed by atoms with van der Waals surface area (Å²) >= 11 is 6.70. The van der Waals surface area contributed by atoms with E-state index in [0.29, 0.717) is 42.6 Å². The molecule has 9 heteroatoms. The molecule has 0 amide bonds. The van der Waals surface area contributed by atoms with E-state index in [9.17, 15) is 9.59 Å². The number of fused-ring (bicyclic) bond motifs is 2. The lowest BCUT2D eigenvalue weighted by molar-refractivity contribution is -0.148. The van der Waals surface area contributed by atoms with E-state index in [0.717, 1.165) is 47.6 Å². The molecular formula is C62H99ClO8. The summed E-state index contributed by atoms with van der Waals surface area (Å²) in [6.45, 7) is 13.6. The second-order valence-corrected chi connectivity index (χ2v) is 20.6. The lowest BCUT2D eigenvalue weighted by Gasteiger charge is -2.26. The van der Waals surface area contributed by atoms with Crippen LogP contribution in [0.2, 0.25) is 0 Å². The summed E-state index contributed by atoms with van der Waals surface area (Å²) in [5.74, 6) is 0.323. The maximum Gasteiger partial charge on any atom is 0.330 e. The van der Waals surface area contributed by atoms with Gasteiger partial charge in [0.25, 0.3) is 0 Å². The van der Waals surface area contributed by atoms with Gasteiger partial charge in [0.05, 0.1) is 13.2 Å². The van der Waals surface area contributed by atoms with Gasteiger partial charge in [0.15, 0.2) is 12.2 Å². The molecule has 0 aliphatic heterocycles. The van der Waals surface area contributed by atoms with Crippen molar-refractivity contribution in [3.05, 3.63) is 71.8 Å². The molecule has 0 heterocycles. The molecule has 0 aromatic heterocycles. The highest BCUT2D eigenvalue weighted by atomic mass is 35.5. The first-order valence-corrected chi connectivity index (χ1v) is 29.3. The van der Waals surface area contributed by atoms with Gasteiger partial charge in [-0.3, -0.25) is 0 Å². The molecule has 0 bridgehead atoms. The second kappa shape index (κ2) is 42.1. The van der Waals surface area contributed by atoms with Crippen LogP contribution in [0.25, 0.3) is 10.8 Å². The molecular weight excluding hydrogens is 908 g/mol. The molecule has 71 heavy (non-hydrogen) atoms. The van der Waals surface area contributed by atoms with Crippen LogP contribution in [0.3, 0.4) is 0 Å². The van der Waals surface area contributed by atoms with Crippen molar-refractivity contribution in [1.29, 1.82) is 0 Å². The number of unbranched alkanes of at least 4 members (excludes halogenated alkanes) is 30. The normalized spacial score (nSPS) is 13.1. The number of hydrogen-bond acceptors (Lipinski definition) is 8. The molecule has 0 spiro atoms.